The molecule has 2 aliphatic heterocycles. The molecule has 130 valence electrons. The zero-order valence-corrected chi connectivity index (χ0v) is 15.5. The van der Waals surface area contributed by atoms with E-state index in [1.807, 2.05) is 12.1 Å². The maximum atomic E-state index is 13.2. The molecule has 0 aromatic heterocycles. The van der Waals surface area contributed by atoms with Gasteiger partial charge in [-0.05, 0) is 58.4 Å². The minimum Gasteiger partial charge on any atom is -0.312 e. The molecule has 1 aromatic rings. The molecule has 0 aliphatic carbocycles. The van der Waals surface area contributed by atoms with E-state index in [1.165, 1.54) is 18.5 Å². The van der Waals surface area contributed by atoms with Crippen molar-refractivity contribution in [2.45, 2.75) is 65.0 Å². The first kappa shape index (κ1) is 17.2. The van der Waals surface area contributed by atoms with E-state index in [2.05, 4.69) is 49.8 Å². The van der Waals surface area contributed by atoms with Gasteiger partial charge in [0.05, 0.1) is 0 Å². The number of fused-ring (bicyclic) bond motifs is 2. The lowest BCUT2D eigenvalue weighted by molar-refractivity contribution is 0.0784. The third-order valence-electron chi connectivity index (χ3n) is 5.52. The number of rotatable bonds is 5. The van der Waals surface area contributed by atoms with E-state index >= 15 is 0 Å². The van der Waals surface area contributed by atoms with Crippen molar-refractivity contribution < 1.29 is 4.79 Å². The molecule has 1 fully saturated rings. The van der Waals surface area contributed by atoms with Gasteiger partial charge in [0, 0.05) is 36.3 Å². The van der Waals surface area contributed by atoms with Gasteiger partial charge in [-0.15, -0.1) is 0 Å². The van der Waals surface area contributed by atoms with Crippen molar-refractivity contribution in [3.8, 4) is 0 Å². The Bertz CT molecular complexity index is 629. The smallest absolute Gasteiger partial charge is 0.258 e. The van der Waals surface area contributed by atoms with Crippen LogP contribution in [0.2, 0.25) is 0 Å². The number of hydrogen-bond acceptors (Lipinski definition) is 2. The summed E-state index contributed by atoms with van der Waals surface area (Å²) in [6.45, 7) is 7.15. The fraction of sp³-hybridized carbons (Fsp3) is 0.571. The van der Waals surface area contributed by atoms with E-state index in [0.29, 0.717) is 12.1 Å². The largest absolute Gasteiger partial charge is 0.312 e. The Kier molecular flexibility index (Phi) is 5.09. The number of unbranched alkanes of at least 4 members (excludes halogenated alkanes) is 1. The van der Waals surface area contributed by atoms with E-state index in [0.717, 1.165) is 42.5 Å². The molecule has 3 nitrogen and oxygen atoms in total. The molecule has 24 heavy (non-hydrogen) atoms. The average molecular weight is 326 g/mol. The van der Waals surface area contributed by atoms with E-state index in [4.69, 9.17) is 0 Å². The van der Waals surface area contributed by atoms with Crippen LogP contribution >= 0.6 is 0 Å². The Morgan fingerprint density at radius 2 is 1.92 bits per heavy atom. The summed E-state index contributed by atoms with van der Waals surface area (Å²) in [5, 5.41) is 0. The highest BCUT2D eigenvalue weighted by Gasteiger charge is 2.36. The monoisotopic (exact) mass is 326 g/mol. The lowest BCUT2D eigenvalue weighted by Gasteiger charge is -2.35. The third kappa shape index (κ3) is 3.41. The third-order valence-corrected chi connectivity index (χ3v) is 5.52. The molecule has 0 unspecified atom stereocenters. The molecular formula is C21H30N2O. The molecule has 3 heteroatoms. The zero-order valence-electron chi connectivity index (χ0n) is 15.5. The lowest BCUT2D eigenvalue weighted by atomic mass is 10.0. The molecule has 0 saturated carbocycles. The van der Waals surface area contributed by atoms with Crippen LogP contribution in [0.3, 0.4) is 0 Å². The van der Waals surface area contributed by atoms with Gasteiger partial charge in [-0.25, -0.2) is 0 Å². The number of amides is 1. The van der Waals surface area contributed by atoms with Gasteiger partial charge in [0.2, 0.25) is 0 Å². The van der Waals surface area contributed by atoms with Gasteiger partial charge in [-0.2, -0.15) is 0 Å². The highest BCUT2D eigenvalue weighted by atomic mass is 16.2. The van der Waals surface area contributed by atoms with Crippen molar-refractivity contribution in [1.29, 1.82) is 0 Å². The Labute approximate surface area is 146 Å². The molecule has 1 saturated heterocycles. The second-order valence-electron chi connectivity index (χ2n) is 7.51. The number of benzene rings is 1. The molecule has 2 atom stereocenters. The second kappa shape index (κ2) is 7.10. The van der Waals surface area contributed by atoms with Crippen LogP contribution in [0.15, 0.2) is 30.0 Å². The van der Waals surface area contributed by atoms with E-state index in [-0.39, 0.29) is 5.91 Å². The Hall–Kier alpha value is -1.61. The van der Waals surface area contributed by atoms with Gasteiger partial charge < -0.3 is 4.90 Å². The molecule has 1 amide bonds. The molecule has 0 N–H and O–H groups in total. The molecule has 0 spiro atoms. The van der Waals surface area contributed by atoms with Crippen molar-refractivity contribution in [3.05, 3.63) is 46.7 Å². The number of likely N-dealkylation sites (N-methyl/N-ethyl adjacent to an activating group) is 1. The summed E-state index contributed by atoms with van der Waals surface area (Å²) in [5.74, 6) is 0.172. The van der Waals surface area contributed by atoms with Crippen molar-refractivity contribution in [2.75, 3.05) is 13.6 Å². The van der Waals surface area contributed by atoms with Crippen LogP contribution in [0.1, 0.15) is 60.5 Å². The second-order valence-corrected chi connectivity index (χ2v) is 7.51. The fourth-order valence-corrected chi connectivity index (χ4v) is 4.17. The van der Waals surface area contributed by atoms with Gasteiger partial charge in [0.25, 0.3) is 5.91 Å². The van der Waals surface area contributed by atoms with Crippen LogP contribution in [0.5, 0.6) is 0 Å². The standard InChI is InChI=1S/C21H30N2O/c1-5-6-9-23(20-13-18-7-8-19(14-20)22(18)4)21(24)17-11-15(2)10-16(3)12-17/h10-13,18-19H,5-9,14H2,1-4H3/t18-,19+/m1/s1. The minimum absolute atomic E-state index is 0.172. The summed E-state index contributed by atoms with van der Waals surface area (Å²) in [6, 6.07) is 7.29. The van der Waals surface area contributed by atoms with Crippen LogP contribution < -0.4 is 0 Å². The average Bonchev–Trinajstić information content (AvgIpc) is 2.75. The van der Waals surface area contributed by atoms with Gasteiger partial charge in [-0.1, -0.05) is 30.5 Å². The predicted octanol–water partition coefficient (Wildman–Crippen LogP) is 4.30. The molecule has 2 heterocycles. The van der Waals surface area contributed by atoms with Crippen LogP contribution in [0.4, 0.5) is 0 Å². The molecule has 2 bridgehead atoms. The number of nitrogens with zero attached hydrogens (tertiary/aromatic N) is 2. The van der Waals surface area contributed by atoms with Crippen molar-refractivity contribution >= 4 is 5.91 Å². The molecular weight excluding hydrogens is 296 g/mol. The van der Waals surface area contributed by atoms with Crippen molar-refractivity contribution in [3.63, 3.8) is 0 Å². The highest BCUT2D eigenvalue weighted by molar-refractivity contribution is 5.95. The van der Waals surface area contributed by atoms with Crippen LogP contribution in [0, 0.1) is 13.8 Å². The minimum atomic E-state index is 0.172. The molecule has 0 radical (unpaired) electrons. The zero-order chi connectivity index (χ0) is 17.3. The number of hydrogen-bond donors (Lipinski definition) is 0. The summed E-state index contributed by atoms with van der Waals surface area (Å²) in [6.07, 6.45) is 7.99. The molecule has 2 aliphatic rings. The van der Waals surface area contributed by atoms with Gasteiger partial charge in [0.1, 0.15) is 0 Å². The molecule has 3 rings (SSSR count). The summed E-state index contributed by atoms with van der Waals surface area (Å²) < 4.78 is 0. The maximum absolute atomic E-state index is 13.2. The first-order valence-corrected chi connectivity index (χ1v) is 9.32. The van der Waals surface area contributed by atoms with Crippen LogP contribution in [0.25, 0.3) is 0 Å². The Balaban J connectivity index is 1.89. The van der Waals surface area contributed by atoms with Gasteiger partial charge >= 0.3 is 0 Å². The van der Waals surface area contributed by atoms with E-state index < -0.39 is 0 Å². The lowest BCUT2D eigenvalue weighted by Crippen LogP contribution is -2.41. The normalized spacial score (nSPS) is 23.2. The quantitative estimate of drug-likeness (QED) is 0.805. The van der Waals surface area contributed by atoms with E-state index in [1.54, 1.807) is 0 Å². The summed E-state index contributed by atoms with van der Waals surface area (Å²) in [5.41, 5.74) is 4.39. The van der Waals surface area contributed by atoms with Gasteiger partial charge in [0.15, 0.2) is 0 Å². The summed E-state index contributed by atoms with van der Waals surface area (Å²) in [4.78, 5) is 17.8. The predicted molar refractivity (Wildman–Crippen MR) is 99.1 cm³/mol. The number of aryl methyl sites for hydroxylation is 2. The first-order valence-electron chi connectivity index (χ1n) is 9.32. The van der Waals surface area contributed by atoms with E-state index in [9.17, 15) is 4.79 Å². The summed E-state index contributed by atoms with van der Waals surface area (Å²) in [7, 11) is 2.22. The van der Waals surface area contributed by atoms with Crippen LogP contribution in [-0.2, 0) is 0 Å². The van der Waals surface area contributed by atoms with Crippen LogP contribution in [-0.4, -0.2) is 41.4 Å². The first-order chi connectivity index (χ1) is 11.5. The number of carbonyl (C=O) groups excluding carboxylic acids is 1. The van der Waals surface area contributed by atoms with Crippen molar-refractivity contribution in [1.82, 2.24) is 9.80 Å². The molecule has 1 aromatic carbocycles. The Morgan fingerprint density at radius 3 is 2.54 bits per heavy atom. The topological polar surface area (TPSA) is 23.6 Å². The highest BCUT2D eigenvalue weighted by Crippen LogP contribution is 2.35. The van der Waals surface area contributed by atoms with Gasteiger partial charge in [-0.3, -0.25) is 9.69 Å². The van der Waals surface area contributed by atoms with Crippen molar-refractivity contribution in [2.24, 2.45) is 0 Å². The SMILES string of the molecule is CCCCN(C(=O)c1cc(C)cc(C)c1)C1=C[C@H]2CC[C@@H](C1)N2C. The fourth-order valence-electron chi connectivity index (χ4n) is 4.17. The maximum Gasteiger partial charge on any atom is 0.258 e. The summed E-state index contributed by atoms with van der Waals surface area (Å²) >= 11 is 0. The number of carbonyl (C=O) groups is 1. The Morgan fingerprint density at radius 1 is 1.21 bits per heavy atom.